The quantitative estimate of drug-likeness (QED) is 0.723. The van der Waals surface area contributed by atoms with E-state index in [-0.39, 0.29) is 12.5 Å². The number of ether oxygens (including phenoxy) is 1. The van der Waals surface area contributed by atoms with Gasteiger partial charge in [-0.3, -0.25) is 9.52 Å². The topological polar surface area (TPSA) is 108 Å². The molecule has 7 nitrogen and oxygen atoms in total. The Bertz CT molecular complexity index is 934. The van der Waals surface area contributed by atoms with Crippen LogP contribution in [-0.4, -0.2) is 27.2 Å². The molecular weight excluding hydrogens is 366 g/mol. The summed E-state index contributed by atoms with van der Waals surface area (Å²) >= 11 is 0. The number of benzene rings is 2. The molecule has 0 saturated carbocycles. The van der Waals surface area contributed by atoms with Crippen LogP contribution in [0.25, 0.3) is 0 Å². The van der Waals surface area contributed by atoms with Crippen LogP contribution in [0.5, 0.6) is 5.75 Å². The summed E-state index contributed by atoms with van der Waals surface area (Å²) in [5, 5.41) is 11.4. The molecule has 0 aliphatic carbocycles. The normalized spacial score (nSPS) is 11.9. The number of hydrogen-bond donors (Lipinski definition) is 2. The second-order valence-corrected chi connectivity index (χ2v) is 7.77. The zero-order valence-electron chi connectivity index (χ0n) is 15.1. The molecule has 142 valence electrons. The van der Waals surface area contributed by atoms with Crippen molar-refractivity contribution in [3.63, 3.8) is 0 Å². The van der Waals surface area contributed by atoms with Gasteiger partial charge in [-0.15, -0.1) is 0 Å². The Balaban J connectivity index is 1.95. The average Bonchev–Trinajstić information content (AvgIpc) is 2.60. The standard InChI is InChI=1S/C19H21N3O4S/c1-14(17-5-3-4-6-18(17)22-27(2,24)25)21-19(23)13-26-16-9-7-15(8-10-16)11-12-20/h3-10,14,22H,11,13H2,1-2H3,(H,21,23). The molecular formula is C19H21N3O4S. The van der Waals surface area contributed by atoms with Gasteiger partial charge in [-0.2, -0.15) is 5.26 Å². The first kappa shape index (κ1) is 20.3. The highest BCUT2D eigenvalue weighted by Crippen LogP contribution is 2.23. The molecule has 0 heterocycles. The zero-order valence-corrected chi connectivity index (χ0v) is 15.9. The summed E-state index contributed by atoms with van der Waals surface area (Å²) in [5.74, 6) is 0.191. The highest BCUT2D eigenvalue weighted by Gasteiger charge is 2.15. The lowest BCUT2D eigenvalue weighted by Crippen LogP contribution is -2.31. The molecule has 2 rings (SSSR count). The first-order valence-electron chi connectivity index (χ1n) is 8.23. The Morgan fingerprint density at radius 3 is 2.48 bits per heavy atom. The number of nitrogens with one attached hydrogen (secondary N) is 2. The molecule has 1 unspecified atom stereocenters. The van der Waals surface area contributed by atoms with Crippen LogP contribution in [0, 0.1) is 11.3 Å². The van der Waals surface area contributed by atoms with E-state index in [0.29, 0.717) is 23.4 Å². The first-order chi connectivity index (χ1) is 12.8. The van der Waals surface area contributed by atoms with Crippen molar-refractivity contribution in [2.75, 3.05) is 17.6 Å². The fourth-order valence-corrected chi connectivity index (χ4v) is 3.06. The van der Waals surface area contributed by atoms with Crippen LogP contribution >= 0.6 is 0 Å². The first-order valence-corrected chi connectivity index (χ1v) is 10.1. The number of rotatable bonds is 8. The Morgan fingerprint density at radius 1 is 1.19 bits per heavy atom. The lowest BCUT2D eigenvalue weighted by Gasteiger charge is -2.18. The van der Waals surface area contributed by atoms with Gasteiger partial charge < -0.3 is 10.1 Å². The summed E-state index contributed by atoms with van der Waals surface area (Å²) < 4.78 is 30.9. The van der Waals surface area contributed by atoms with Crippen molar-refractivity contribution in [3.05, 3.63) is 59.7 Å². The number of para-hydroxylation sites is 1. The van der Waals surface area contributed by atoms with E-state index in [1.165, 1.54) is 0 Å². The third-order valence-corrected chi connectivity index (χ3v) is 4.27. The monoisotopic (exact) mass is 387 g/mol. The Labute approximate surface area is 159 Å². The number of nitrogens with zero attached hydrogens (tertiary/aromatic N) is 1. The maximum atomic E-state index is 12.1. The second kappa shape index (κ2) is 9.05. The van der Waals surface area contributed by atoms with Crippen LogP contribution in [-0.2, 0) is 21.2 Å². The Morgan fingerprint density at radius 2 is 1.85 bits per heavy atom. The zero-order chi connectivity index (χ0) is 19.9. The summed E-state index contributed by atoms with van der Waals surface area (Å²) in [6.45, 7) is 1.58. The SMILES string of the molecule is CC(NC(=O)COc1ccc(CC#N)cc1)c1ccccc1NS(C)(=O)=O. The van der Waals surface area contributed by atoms with E-state index in [9.17, 15) is 13.2 Å². The van der Waals surface area contributed by atoms with Crippen LogP contribution in [0.15, 0.2) is 48.5 Å². The smallest absolute Gasteiger partial charge is 0.258 e. The largest absolute Gasteiger partial charge is 0.484 e. The van der Waals surface area contributed by atoms with Crippen LogP contribution < -0.4 is 14.8 Å². The second-order valence-electron chi connectivity index (χ2n) is 6.02. The third kappa shape index (κ3) is 6.64. The maximum Gasteiger partial charge on any atom is 0.258 e. The summed E-state index contributed by atoms with van der Waals surface area (Å²) in [6, 6.07) is 15.5. The fraction of sp³-hybridized carbons (Fsp3) is 0.263. The molecule has 1 atom stereocenters. The van der Waals surface area contributed by atoms with Crippen LogP contribution in [0.1, 0.15) is 24.1 Å². The molecule has 2 aromatic rings. The average molecular weight is 387 g/mol. The van der Waals surface area contributed by atoms with Gasteiger partial charge in [0.1, 0.15) is 5.75 Å². The van der Waals surface area contributed by atoms with Gasteiger partial charge in [0.25, 0.3) is 5.91 Å². The van der Waals surface area contributed by atoms with E-state index >= 15 is 0 Å². The van der Waals surface area contributed by atoms with Crippen molar-refractivity contribution in [3.8, 4) is 11.8 Å². The van der Waals surface area contributed by atoms with Gasteiger partial charge >= 0.3 is 0 Å². The molecule has 0 aromatic heterocycles. The molecule has 8 heteroatoms. The minimum Gasteiger partial charge on any atom is -0.484 e. The minimum absolute atomic E-state index is 0.177. The highest BCUT2D eigenvalue weighted by atomic mass is 32.2. The highest BCUT2D eigenvalue weighted by molar-refractivity contribution is 7.92. The van der Waals surface area contributed by atoms with Gasteiger partial charge in [-0.05, 0) is 36.2 Å². The lowest BCUT2D eigenvalue weighted by atomic mass is 10.1. The molecule has 0 bridgehead atoms. The van der Waals surface area contributed by atoms with Crippen LogP contribution in [0.2, 0.25) is 0 Å². The molecule has 27 heavy (non-hydrogen) atoms. The number of anilines is 1. The molecule has 0 saturated heterocycles. The lowest BCUT2D eigenvalue weighted by molar-refractivity contribution is -0.123. The molecule has 2 aromatic carbocycles. The summed E-state index contributed by atoms with van der Waals surface area (Å²) in [6.07, 6.45) is 1.39. The molecule has 0 aliphatic rings. The number of sulfonamides is 1. The van der Waals surface area contributed by atoms with Crippen LogP contribution in [0.3, 0.4) is 0 Å². The number of hydrogen-bond acceptors (Lipinski definition) is 5. The minimum atomic E-state index is -3.42. The number of nitriles is 1. The number of carbonyl (C=O) groups excluding carboxylic acids is 1. The van der Waals surface area contributed by atoms with Crippen molar-refractivity contribution < 1.29 is 17.9 Å². The van der Waals surface area contributed by atoms with Gasteiger partial charge in [0.15, 0.2) is 6.61 Å². The molecule has 1 amide bonds. The van der Waals surface area contributed by atoms with E-state index in [2.05, 4.69) is 16.1 Å². The maximum absolute atomic E-state index is 12.1. The predicted molar refractivity (Wildman–Crippen MR) is 103 cm³/mol. The van der Waals surface area contributed by atoms with Gasteiger partial charge in [0.2, 0.25) is 10.0 Å². The molecule has 2 N–H and O–H groups in total. The van der Waals surface area contributed by atoms with Crippen molar-refractivity contribution in [1.29, 1.82) is 5.26 Å². The van der Waals surface area contributed by atoms with Gasteiger partial charge in [0.05, 0.1) is 30.5 Å². The van der Waals surface area contributed by atoms with Gasteiger partial charge in [0, 0.05) is 0 Å². The fourth-order valence-electron chi connectivity index (χ4n) is 2.47. The van der Waals surface area contributed by atoms with E-state index in [1.54, 1.807) is 55.5 Å². The van der Waals surface area contributed by atoms with Crippen molar-refractivity contribution in [1.82, 2.24) is 5.32 Å². The van der Waals surface area contributed by atoms with Gasteiger partial charge in [-0.1, -0.05) is 30.3 Å². The molecule has 0 spiro atoms. The molecule has 0 radical (unpaired) electrons. The van der Waals surface area contributed by atoms with E-state index in [1.807, 2.05) is 0 Å². The number of carbonyl (C=O) groups is 1. The third-order valence-electron chi connectivity index (χ3n) is 3.68. The Hall–Kier alpha value is -3.05. The van der Waals surface area contributed by atoms with E-state index in [0.717, 1.165) is 11.8 Å². The van der Waals surface area contributed by atoms with Crippen molar-refractivity contribution in [2.24, 2.45) is 0 Å². The van der Waals surface area contributed by atoms with Gasteiger partial charge in [-0.25, -0.2) is 8.42 Å². The predicted octanol–water partition coefficient (Wildman–Crippen LogP) is 2.38. The van der Waals surface area contributed by atoms with Crippen LogP contribution in [0.4, 0.5) is 5.69 Å². The Kier molecular flexibility index (Phi) is 6.79. The molecule has 0 fully saturated rings. The number of amides is 1. The summed E-state index contributed by atoms with van der Waals surface area (Å²) in [4.78, 5) is 12.1. The summed E-state index contributed by atoms with van der Waals surface area (Å²) in [7, 11) is -3.42. The van der Waals surface area contributed by atoms with Crippen molar-refractivity contribution >= 4 is 21.6 Å². The van der Waals surface area contributed by atoms with Crippen molar-refractivity contribution in [2.45, 2.75) is 19.4 Å². The van der Waals surface area contributed by atoms with E-state index in [4.69, 9.17) is 10.00 Å². The molecule has 0 aliphatic heterocycles. The van der Waals surface area contributed by atoms with E-state index < -0.39 is 16.1 Å². The summed E-state index contributed by atoms with van der Waals surface area (Å²) in [5.41, 5.74) is 1.94.